The van der Waals surface area contributed by atoms with E-state index in [-0.39, 0.29) is 18.1 Å². The van der Waals surface area contributed by atoms with Gasteiger partial charge in [-0.1, -0.05) is 72.6 Å². The highest BCUT2D eigenvalue weighted by molar-refractivity contribution is 5.74. The number of rotatable bonds is 15. The van der Waals surface area contributed by atoms with Gasteiger partial charge < -0.3 is 9.47 Å². The minimum atomic E-state index is -0.235. The first-order valence-electron chi connectivity index (χ1n) is 13.7. The van der Waals surface area contributed by atoms with Crippen molar-refractivity contribution in [1.29, 1.82) is 0 Å². The lowest BCUT2D eigenvalue weighted by molar-refractivity contribution is -0.135. The van der Waals surface area contributed by atoms with Crippen molar-refractivity contribution in [1.82, 2.24) is 4.90 Å². The number of likely N-dealkylation sites (N-methyl/N-ethyl adjacent to an activating group) is 1. The molecular formula is C30H51NO3. The van der Waals surface area contributed by atoms with Crippen LogP contribution in [-0.2, 0) is 11.2 Å². The molecule has 1 aliphatic heterocycles. The standard InChI is InChI=1S/C30H51NO3/c1-23(2)11-8-12-24(3)13-9-14-25(4)15-10-19-30(5)20-18-26-21-27(16-17-28(26)34-30)33-29(32)22-31(6)7/h16-17,21,23-25H,8-15,18-20,22H2,1-7H3. The van der Waals surface area contributed by atoms with Crippen LogP contribution < -0.4 is 9.47 Å². The maximum atomic E-state index is 11.9. The molecule has 0 amide bonds. The van der Waals surface area contributed by atoms with E-state index in [1.165, 1.54) is 51.4 Å². The van der Waals surface area contributed by atoms with Crippen molar-refractivity contribution in [3.8, 4) is 11.5 Å². The van der Waals surface area contributed by atoms with E-state index >= 15 is 0 Å². The summed E-state index contributed by atoms with van der Waals surface area (Å²) in [5, 5.41) is 0. The van der Waals surface area contributed by atoms with Crippen molar-refractivity contribution in [3.05, 3.63) is 23.8 Å². The molecule has 0 aromatic heterocycles. The van der Waals surface area contributed by atoms with Gasteiger partial charge in [0.1, 0.15) is 17.1 Å². The van der Waals surface area contributed by atoms with Gasteiger partial charge in [0.25, 0.3) is 0 Å². The number of aryl methyl sites for hydroxylation is 1. The Morgan fingerprint density at radius 2 is 1.62 bits per heavy atom. The zero-order valence-electron chi connectivity index (χ0n) is 23.1. The van der Waals surface area contributed by atoms with Crippen LogP contribution in [0.25, 0.3) is 0 Å². The van der Waals surface area contributed by atoms with E-state index in [1.807, 2.05) is 37.2 Å². The second-order valence-electron chi connectivity index (χ2n) is 11.9. The smallest absolute Gasteiger partial charge is 0.325 e. The van der Waals surface area contributed by atoms with Crippen molar-refractivity contribution in [2.45, 2.75) is 111 Å². The molecule has 0 spiro atoms. The molecule has 0 fully saturated rings. The van der Waals surface area contributed by atoms with Gasteiger partial charge in [0.15, 0.2) is 0 Å². The van der Waals surface area contributed by atoms with Crippen LogP contribution in [0.5, 0.6) is 11.5 Å². The van der Waals surface area contributed by atoms with Crippen LogP contribution in [0.2, 0.25) is 0 Å². The number of carbonyl (C=O) groups excluding carboxylic acids is 1. The first-order valence-corrected chi connectivity index (χ1v) is 13.7. The Morgan fingerprint density at radius 1 is 1.00 bits per heavy atom. The Labute approximate surface area is 209 Å². The Balaban J connectivity index is 1.69. The van der Waals surface area contributed by atoms with E-state index in [9.17, 15) is 4.79 Å². The third-order valence-corrected chi connectivity index (χ3v) is 7.26. The number of esters is 1. The molecule has 3 atom stereocenters. The van der Waals surface area contributed by atoms with Crippen LogP contribution in [0, 0.1) is 17.8 Å². The van der Waals surface area contributed by atoms with Gasteiger partial charge in [0.2, 0.25) is 0 Å². The average Bonchev–Trinajstić information content (AvgIpc) is 2.73. The summed E-state index contributed by atoms with van der Waals surface area (Å²) in [6.45, 7) is 12.0. The lowest BCUT2D eigenvalue weighted by atomic mass is 9.86. The second-order valence-corrected chi connectivity index (χ2v) is 11.9. The molecule has 0 aliphatic carbocycles. The van der Waals surface area contributed by atoms with Gasteiger partial charge in [-0.15, -0.1) is 0 Å². The Morgan fingerprint density at radius 3 is 2.24 bits per heavy atom. The normalized spacial score (nSPS) is 19.6. The Bertz CT molecular complexity index is 745. The van der Waals surface area contributed by atoms with Crippen LogP contribution in [0.1, 0.15) is 104 Å². The van der Waals surface area contributed by atoms with Crippen molar-refractivity contribution in [2.24, 2.45) is 17.8 Å². The second kappa shape index (κ2) is 14.1. The fourth-order valence-corrected chi connectivity index (χ4v) is 5.03. The van der Waals surface area contributed by atoms with E-state index in [4.69, 9.17) is 9.47 Å². The van der Waals surface area contributed by atoms with Crippen molar-refractivity contribution in [3.63, 3.8) is 0 Å². The van der Waals surface area contributed by atoms with E-state index in [2.05, 4.69) is 34.6 Å². The SMILES string of the molecule is CC(C)CCCC(C)CCCC(C)CCCC1(C)CCc2cc(OC(=O)CN(C)C)ccc2O1. The monoisotopic (exact) mass is 473 g/mol. The summed E-state index contributed by atoms with van der Waals surface area (Å²) >= 11 is 0. The van der Waals surface area contributed by atoms with Gasteiger partial charge in [-0.05, 0) is 88.2 Å². The van der Waals surface area contributed by atoms with Crippen molar-refractivity contribution >= 4 is 5.97 Å². The summed E-state index contributed by atoms with van der Waals surface area (Å²) < 4.78 is 11.9. The third-order valence-electron chi connectivity index (χ3n) is 7.26. The number of hydrogen-bond acceptors (Lipinski definition) is 4. The average molecular weight is 474 g/mol. The van der Waals surface area contributed by atoms with Gasteiger partial charge in [-0.2, -0.15) is 0 Å². The molecule has 34 heavy (non-hydrogen) atoms. The molecule has 1 heterocycles. The Kier molecular flexibility index (Phi) is 11.9. The van der Waals surface area contributed by atoms with Gasteiger partial charge in [0, 0.05) is 0 Å². The largest absolute Gasteiger partial charge is 0.487 e. The molecule has 0 N–H and O–H groups in total. The van der Waals surface area contributed by atoms with Crippen molar-refractivity contribution in [2.75, 3.05) is 20.6 Å². The number of ether oxygens (including phenoxy) is 2. The third kappa shape index (κ3) is 10.8. The van der Waals surface area contributed by atoms with Gasteiger partial charge in [-0.25, -0.2) is 0 Å². The Hall–Kier alpha value is -1.55. The molecule has 1 aromatic rings. The van der Waals surface area contributed by atoms with Crippen LogP contribution in [0.4, 0.5) is 0 Å². The molecule has 0 bridgehead atoms. The zero-order chi connectivity index (χ0) is 25.1. The van der Waals surface area contributed by atoms with E-state index < -0.39 is 0 Å². The van der Waals surface area contributed by atoms with Crippen LogP contribution in [0.15, 0.2) is 18.2 Å². The van der Waals surface area contributed by atoms with Crippen LogP contribution >= 0.6 is 0 Å². The number of nitrogens with zero attached hydrogens (tertiary/aromatic N) is 1. The van der Waals surface area contributed by atoms with Gasteiger partial charge in [0.05, 0.1) is 6.54 Å². The summed E-state index contributed by atoms with van der Waals surface area (Å²) in [6, 6.07) is 5.79. The molecule has 4 nitrogen and oxygen atoms in total. The van der Waals surface area contributed by atoms with Gasteiger partial charge in [-0.3, -0.25) is 9.69 Å². The minimum Gasteiger partial charge on any atom is -0.487 e. The van der Waals surface area contributed by atoms with E-state index in [0.29, 0.717) is 5.75 Å². The number of hydrogen-bond donors (Lipinski definition) is 0. The molecule has 0 saturated heterocycles. The maximum absolute atomic E-state index is 11.9. The summed E-state index contributed by atoms with van der Waals surface area (Å²) in [5.74, 6) is 3.83. The molecule has 194 valence electrons. The predicted octanol–water partition coefficient (Wildman–Crippen LogP) is 7.68. The number of fused-ring (bicyclic) bond motifs is 1. The molecule has 1 aliphatic rings. The molecule has 4 heteroatoms. The lowest BCUT2D eigenvalue weighted by Gasteiger charge is -2.36. The molecule has 1 aromatic carbocycles. The molecule has 3 unspecified atom stereocenters. The van der Waals surface area contributed by atoms with Crippen LogP contribution in [-0.4, -0.2) is 37.1 Å². The molecular weight excluding hydrogens is 422 g/mol. The fourth-order valence-electron chi connectivity index (χ4n) is 5.03. The molecule has 0 saturated carbocycles. The lowest BCUT2D eigenvalue weighted by Crippen LogP contribution is -2.36. The quantitative estimate of drug-likeness (QED) is 0.193. The fraction of sp³-hybridized carbons (Fsp3) is 0.767. The predicted molar refractivity (Wildman–Crippen MR) is 143 cm³/mol. The minimum absolute atomic E-state index is 0.0965. The van der Waals surface area contributed by atoms with E-state index in [1.54, 1.807) is 0 Å². The summed E-state index contributed by atoms with van der Waals surface area (Å²) in [5.41, 5.74) is 1.05. The van der Waals surface area contributed by atoms with E-state index in [0.717, 1.165) is 48.3 Å². The first kappa shape index (κ1) is 28.7. The molecule has 0 radical (unpaired) electrons. The highest BCUT2D eigenvalue weighted by Gasteiger charge is 2.31. The maximum Gasteiger partial charge on any atom is 0.325 e. The first-order chi connectivity index (χ1) is 16.1. The summed E-state index contributed by atoms with van der Waals surface area (Å²) in [6.07, 6.45) is 13.8. The van der Waals surface area contributed by atoms with Crippen LogP contribution in [0.3, 0.4) is 0 Å². The summed E-state index contributed by atoms with van der Waals surface area (Å²) in [7, 11) is 3.72. The number of benzene rings is 1. The number of carbonyl (C=O) groups is 1. The van der Waals surface area contributed by atoms with Crippen molar-refractivity contribution < 1.29 is 14.3 Å². The summed E-state index contributed by atoms with van der Waals surface area (Å²) in [4.78, 5) is 13.7. The highest BCUT2D eigenvalue weighted by Crippen LogP contribution is 2.38. The van der Waals surface area contributed by atoms with Gasteiger partial charge >= 0.3 is 5.97 Å². The topological polar surface area (TPSA) is 38.8 Å². The zero-order valence-corrected chi connectivity index (χ0v) is 23.1. The highest BCUT2D eigenvalue weighted by atomic mass is 16.5. The molecule has 2 rings (SSSR count).